The Hall–Kier alpha value is -4.20. The molecule has 4 atom stereocenters. The van der Waals surface area contributed by atoms with Gasteiger partial charge in [-0.25, -0.2) is 18.7 Å². The third-order valence-corrected chi connectivity index (χ3v) is 7.01. The van der Waals surface area contributed by atoms with E-state index in [1.54, 1.807) is 54.7 Å². The highest BCUT2D eigenvalue weighted by molar-refractivity contribution is 5.81. The minimum atomic E-state index is -0.579. The molecule has 32 heavy (non-hydrogen) atoms. The van der Waals surface area contributed by atoms with Crippen LogP contribution in [0.15, 0.2) is 85.9 Å². The molecule has 5 heterocycles. The number of hydrogen-bond acceptors (Lipinski definition) is 4. The van der Waals surface area contributed by atoms with Gasteiger partial charge in [-0.1, -0.05) is 42.5 Å². The first-order valence-corrected chi connectivity index (χ1v) is 10.5. The van der Waals surface area contributed by atoms with Gasteiger partial charge in [0.05, 0.1) is 39.7 Å². The monoisotopic (exact) mass is 424 g/mol. The van der Waals surface area contributed by atoms with E-state index in [2.05, 4.69) is 0 Å². The third kappa shape index (κ3) is 1.88. The Bertz CT molecular complexity index is 1800. The SMILES string of the molecule is O=c1c2ccccc2c(=O)n2n1C=C[C@@H]1[C@@H]2[C@H]2C=C[C@@H]1n1c(=O)c3ccccc3c(=O)n12. The molecule has 8 nitrogen and oxygen atoms in total. The second-order valence-electron chi connectivity index (χ2n) is 8.47. The molecule has 2 aromatic carbocycles. The molecule has 1 aliphatic carbocycles. The summed E-state index contributed by atoms with van der Waals surface area (Å²) in [5.41, 5.74) is -1.10. The van der Waals surface area contributed by atoms with Crippen molar-refractivity contribution in [2.24, 2.45) is 5.92 Å². The lowest BCUT2D eigenvalue weighted by atomic mass is 9.79. The van der Waals surface area contributed by atoms with Crippen molar-refractivity contribution in [3.63, 3.8) is 0 Å². The van der Waals surface area contributed by atoms with E-state index in [4.69, 9.17) is 0 Å². The van der Waals surface area contributed by atoms with E-state index in [0.717, 1.165) is 0 Å². The lowest BCUT2D eigenvalue weighted by Crippen LogP contribution is -2.57. The molecular weight excluding hydrogens is 408 g/mol. The number of rotatable bonds is 0. The number of nitrogens with zero attached hydrogens (tertiary/aromatic N) is 4. The molecule has 0 N–H and O–H groups in total. The number of hydrogen-bond donors (Lipinski definition) is 0. The largest absolute Gasteiger partial charge is 0.277 e. The molecule has 0 saturated carbocycles. The highest BCUT2D eigenvalue weighted by atomic mass is 16.2. The topological polar surface area (TPSA) is 88.0 Å². The zero-order valence-corrected chi connectivity index (χ0v) is 16.7. The Balaban J connectivity index is 1.60. The van der Waals surface area contributed by atoms with Crippen LogP contribution in [0.2, 0.25) is 0 Å². The summed E-state index contributed by atoms with van der Waals surface area (Å²) in [6.45, 7) is 0. The Morgan fingerprint density at radius 2 is 1.00 bits per heavy atom. The van der Waals surface area contributed by atoms with E-state index in [0.29, 0.717) is 21.5 Å². The summed E-state index contributed by atoms with van der Waals surface area (Å²) in [4.78, 5) is 53.5. The first kappa shape index (κ1) is 17.5. The molecule has 4 aromatic rings. The first-order chi connectivity index (χ1) is 15.6. The van der Waals surface area contributed by atoms with Crippen LogP contribution in [0.25, 0.3) is 27.7 Å². The summed E-state index contributed by atoms with van der Waals surface area (Å²) in [5.74, 6) is -0.249. The standard InChI is InChI=1S/C24H16N4O4/c29-21-13-5-1-2-6-14(13)24(32)28-20-17(11-12-25(21)28)18-9-10-19(20)27-23(31)16-8-4-3-7-15(16)22(30)26(18)27/h1-12,17-20H/t17-,18-,19+,20+/m0/s1. The Morgan fingerprint density at radius 3 is 1.59 bits per heavy atom. The van der Waals surface area contributed by atoms with Gasteiger partial charge in [0, 0.05) is 12.1 Å². The zero-order chi connectivity index (χ0) is 21.7. The van der Waals surface area contributed by atoms with Gasteiger partial charge in [0.1, 0.15) is 0 Å². The lowest BCUT2D eigenvalue weighted by molar-refractivity contribution is 0.105. The molecule has 0 fully saturated rings. The molecular formula is C24H16N4O4. The number of aromatic nitrogens is 4. The predicted molar refractivity (Wildman–Crippen MR) is 120 cm³/mol. The maximum absolute atomic E-state index is 13.5. The van der Waals surface area contributed by atoms with E-state index >= 15 is 0 Å². The van der Waals surface area contributed by atoms with E-state index in [-0.39, 0.29) is 28.2 Å². The van der Waals surface area contributed by atoms with Crippen molar-refractivity contribution in [1.29, 1.82) is 0 Å². The molecule has 8 heteroatoms. The molecule has 8 rings (SSSR count). The molecule has 4 aliphatic rings. The molecule has 156 valence electrons. The maximum atomic E-state index is 13.5. The van der Waals surface area contributed by atoms with Crippen LogP contribution in [-0.4, -0.2) is 18.7 Å². The third-order valence-electron chi connectivity index (χ3n) is 7.01. The van der Waals surface area contributed by atoms with Crippen molar-refractivity contribution in [2.75, 3.05) is 0 Å². The highest BCUT2D eigenvalue weighted by Crippen LogP contribution is 2.47. The predicted octanol–water partition coefficient (Wildman–Crippen LogP) is 1.65. The summed E-state index contributed by atoms with van der Waals surface area (Å²) in [7, 11) is 0. The van der Waals surface area contributed by atoms with E-state index in [1.165, 1.54) is 18.7 Å². The van der Waals surface area contributed by atoms with Crippen molar-refractivity contribution in [1.82, 2.24) is 18.7 Å². The minimum absolute atomic E-state index is 0.236. The Kier molecular flexibility index (Phi) is 3.13. The van der Waals surface area contributed by atoms with Gasteiger partial charge in [-0.05, 0) is 24.3 Å². The van der Waals surface area contributed by atoms with Gasteiger partial charge in [0.2, 0.25) is 0 Å². The van der Waals surface area contributed by atoms with Crippen LogP contribution < -0.4 is 22.2 Å². The summed E-state index contributed by atoms with van der Waals surface area (Å²) >= 11 is 0. The molecule has 0 amide bonds. The highest BCUT2D eigenvalue weighted by Gasteiger charge is 2.48. The van der Waals surface area contributed by atoms with E-state index in [1.807, 2.05) is 18.2 Å². The number of allylic oxidation sites excluding steroid dienone is 3. The number of benzene rings is 2. The van der Waals surface area contributed by atoms with Gasteiger partial charge in [-0.15, -0.1) is 0 Å². The fourth-order valence-electron chi connectivity index (χ4n) is 5.66. The summed E-state index contributed by atoms with van der Waals surface area (Å²) in [6, 6.07) is 12.0. The molecule has 2 aromatic heterocycles. The zero-order valence-electron chi connectivity index (χ0n) is 16.7. The van der Waals surface area contributed by atoms with Crippen LogP contribution in [-0.2, 0) is 0 Å². The maximum Gasteiger partial charge on any atom is 0.277 e. The van der Waals surface area contributed by atoms with Crippen LogP contribution in [0.4, 0.5) is 0 Å². The van der Waals surface area contributed by atoms with E-state index < -0.39 is 18.1 Å². The molecule has 0 unspecified atom stereocenters. The molecule has 2 bridgehead atoms. The second kappa shape index (κ2) is 5.73. The second-order valence-corrected chi connectivity index (χ2v) is 8.47. The van der Waals surface area contributed by atoms with Crippen LogP contribution >= 0.6 is 0 Å². The fraction of sp³-hybridized carbons (Fsp3) is 0.167. The van der Waals surface area contributed by atoms with Gasteiger partial charge in [0.15, 0.2) is 0 Å². The lowest BCUT2D eigenvalue weighted by Gasteiger charge is -2.48. The normalized spacial score (nSPS) is 24.5. The molecule has 3 aliphatic heterocycles. The smallest absolute Gasteiger partial charge is 0.267 e. The average molecular weight is 424 g/mol. The van der Waals surface area contributed by atoms with Gasteiger partial charge in [-0.3, -0.25) is 19.2 Å². The Morgan fingerprint density at radius 1 is 0.531 bits per heavy atom. The van der Waals surface area contributed by atoms with Gasteiger partial charge < -0.3 is 0 Å². The van der Waals surface area contributed by atoms with Crippen molar-refractivity contribution in [3.05, 3.63) is 108 Å². The molecule has 0 saturated heterocycles. The van der Waals surface area contributed by atoms with Crippen molar-refractivity contribution < 1.29 is 0 Å². The minimum Gasteiger partial charge on any atom is -0.267 e. The van der Waals surface area contributed by atoms with Crippen LogP contribution in [0.1, 0.15) is 18.1 Å². The number of fused-ring (bicyclic) bond motifs is 3. The van der Waals surface area contributed by atoms with Crippen molar-refractivity contribution in [3.8, 4) is 0 Å². The first-order valence-electron chi connectivity index (χ1n) is 10.5. The van der Waals surface area contributed by atoms with Crippen LogP contribution in [0, 0.1) is 5.92 Å². The molecule has 0 radical (unpaired) electrons. The summed E-state index contributed by atoms with van der Waals surface area (Å²) in [5, 5.41) is 1.43. The average Bonchev–Trinajstić information content (AvgIpc) is 2.85. The molecule has 0 spiro atoms. The van der Waals surface area contributed by atoms with Crippen molar-refractivity contribution >= 4 is 27.7 Å². The van der Waals surface area contributed by atoms with Gasteiger partial charge in [-0.2, -0.15) is 0 Å². The van der Waals surface area contributed by atoms with Crippen LogP contribution in [0.3, 0.4) is 0 Å². The fourth-order valence-corrected chi connectivity index (χ4v) is 5.66. The Labute approximate surface area is 179 Å². The summed E-state index contributed by atoms with van der Waals surface area (Å²) < 4.78 is 5.79. The van der Waals surface area contributed by atoms with Crippen molar-refractivity contribution in [2.45, 2.75) is 18.1 Å². The quantitative estimate of drug-likeness (QED) is 0.402. The van der Waals surface area contributed by atoms with Crippen LogP contribution in [0.5, 0.6) is 0 Å². The summed E-state index contributed by atoms with van der Waals surface area (Å²) in [6.07, 6.45) is 7.28. The van der Waals surface area contributed by atoms with E-state index in [9.17, 15) is 19.2 Å². The van der Waals surface area contributed by atoms with Gasteiger partial charge in [0.25, 0.3) is 22.2 Å². The van der Waals surface area contributed by atoms with Gasteiger partial charge >= 0.3 is 0 Å².